The highest BCUT2D eigenvalue weighted by molar-refractivity contribution is 6.20. The number of hydrogen-bond acceptors (Lipinski definition) is 1. The van der Waals surface area contributed by atoms with Gasteiger partial charge in [0.15, 0.2) is 0 Å². The molecule has 42 valence electrons. The summed E-state index contributed by atoms with van der Waals surface area (Å²) in [6.45, 7) is 2.87. The van der Waals surface area contributed by atoms with Crippen molar-refractivity contribution in [1.82, 2.24) is 0 Å². The second-order valence-electron chi connectivity index (χ2n) is 1.88. The van der Waals surface area contributed by atoms with Crippen LogP contribution >= 0.6 is 11.6 Å². The van der Waals surface area contributed by atoms with Gasteiger partial charge >= 0.3 is 0 Å². The van der Waals surface area contributed by atoms with Crippen molar-refractivity contribution in [3.05, 3.63) is 0 Å². The van der Waals surface area contributed by atoms with Gasteiger partial charge in [-0.1, -0.05) is 0 Å². The Morgan fingerprint density at radius 3 is 2.43 bits per heavy atom. The fraction of sp³-hybridized carbons (Fsp3) is 1.00. The predicted octanol–water partition coefficient (Wildman–Crippen LogP) is 1.40. The fourth-order valence-electron chi connectivity index (χ4n) is 0.616. The Morgan fingerprint density at radius 2 is 2.43 bits per heavy atom. The molecule has 1 fully saturated rings. The summed E-state index contributed by atoms with van der Waals surface area (Å²) in [5.74, 6) is 0. The van der Waals surface area contributed by atoms with Gasteiger partial charge in [-0.05, 0) is 13.3 Å². The van der Waals surface area contributed by atoms with E-state index in [0.717, 1.165) is 13.0 Å². The standard InChI is InChI=1S/C5H9ClO/c1-4(6)5-2-3-7-5/h4-5H,2-3H2,1H3. The Morgan fingerprint density at radius 1 is 1.86 bits per heavy atom. The number of halogens is 1. The molecule has 0 radical (unpaired) electrons. The van der Waals surface area contributed by atoms with Gasteiger partial charge in [-0.2, -0.15) is 0 Å². The van der Waals surface area contributed by atoms with Gasteiger partial charge < -0.3 is 4.74 Å². The molecular formula is C5H9ClO. The molecule has 0 N–H and O–H groups in total. The molecule has 2 heteroatoms. The zero-order valence-corrected chi connectivity index (χ0v) is 5.11. The monoisotopic (exact) mass is 120 g/mol. The average Bonchev–Trinajstić information content (AvgIpc) is 1.23. The van der Waals surface area contributed by atoms with Crippen LogP contribution in [0.5, 0.6) is 0 Å². The smallest absolute Gasteiger partial charge is 0.0757 e. The van der Waals surface area contributed by atoms with Gasteiger partial charge in [-0.25, -0.2) is 0 Å². The lowest BCUT2D eigenvalue weighted by atomic mass is 10.1. The normalized spacial score (nSPS) is 34.3. The maximum Gasteiger partial charge on any atom is 0.0757 e. The van der Waals surface area contributed by atoms with Crippen LogP contribution in [0.3, 0.4) is 0 Å². The Labute approximate surface area is 48.6 Å². The third kappa shape index (κ3) is 1.07. The van der Waals surface area contributed by atoms with E-state index in [-0.39, 0.29) is 5.38 Å². The van der Waals surface area contributed by atoms with Crippen molar-refractivity contribution in [3.63, 3.8) is 0 Å². The Hall–Kier alpha value is 0.250. The SMILES string of the molecule is CC(Cl)C1CCO1. The second-order valence-corrected chi connectivity index (χ2v) is 2.56. The van der Waals surface area contributed by atoms with E-state index in [1.54, 1.807) is 0 Å². The molecule has 1 aliphatic heterocycles. The van der Waals surface area contributed by atoms with Crippen LogP contribution in [0.1, 0.15) is 13.3 Å². The number of ether oxygens (including phenoxy) is 1. The van der Waals surface area contributed by atoms with E-state index in [9.17, 15) is 0 Å². The molecule has 0 bridgehead atoms. The lowest BCUT2D eigenvalue weighted by Crippen LogP contribution is -2.33. The van der Waals surface area contributed by atoms with Crippen molar-refractivity contribution < 1.29 is 4.74 Å². The second kappa shape index (κ2) is 2.01. The minimum Gasteiger partial charge on any atom is -0.377 e. The van der Waals surface area contributed by atoms with Gasteiger partial charge in [0.25, 0.3) is 0 Å². The van der Waals surface area contributed by atoms with Gasteiger partial charge in [0.05, 0.1) is 11.5 Å². The largest absolute Gasteiger partial charge is 0.377 e. The summed E-state index contributed by atoms with van der Waals surface area (Å²) >= 11 is 5.65. The van der Waals surface area contributed by atoms with Crippen molar-refractivity contribution in [2.75, 3.05) is 6.61 Å². The Balaban J connectivity index is 2.14. The van der Waals surface area contributed by atoms with Gasteiger partial charge in [0.1, 0.15) is 0 Å². The maximum atomic E-state index is 5.65. The first-order valence-corrected chi connectivity index (χ1v) is 3.00. The van der Waals surface area contributed by atoms with E-state index < -0.39 is 0 Å². The van der Waals surface area contributed by atoms with E-state index in [2.05, 4.69) is 0 Å². The molecule has 0 spiro atoms. The van der Waals surface area contributed by atoms with Crippen LogP contribution in [0.2, 0.25) is 0 Å². The molecule has 1 heterocycles. The third-order valence-corrected chi connectivity index (χ3v) is 1.53. The number of rotatable bonds is 1. The van der Waals surface area contributed by atoms with E-state index in [1.807, 2.05) is 6.92 Å². The maximum absolute atomic E-state index is 5.65. The third-order valence-electron chi connectivity index (χ3n) is 1.25. The van der Waals surface area contributed by atoms with Crippen LogP contribution in [-0.2, 0) is 4.74 Å². The fourth-order valence-corrected chi connectivity index (χ4v) is 0.815. The van der Waals surface area contributed by atoms with Crippen LogP contribution in [0.4, 0.5) is 0 Å². The van der Waals surface area contributed by atoms with Crippen molar-refractivity contribution in [2.24, 2.45) is 0 Å². The highest BCUT2D eigenvalue weighted by atomic mass is 35.5. The zero-order chi connectivity index (χ0) is 5.28. The number of alkyl halides is 1. The first-order chi connectivity index (χ1) is 3.30. The van der Waals surface area contributed by atoms with Gasteiger partial charge in [-0.15, -0.1) is 11.6 Å². The van der Waals surface area contributed by atoms with E-state index in [0.29, 0.717) is 6.10 Å². The lowest BCUT2D eigenvalue weighted by molar-refractivity contribution is -0.0492. The minimum absolute atomic E-state index is 0.203. The van der Waals surface area contributed by atoms with Gasteiger partial charge in [0.2, 0.25) is 0 Å². The van der Waals surface area contributed by atoms with Crippen LogP contribution in [0.25, 0.3) is 0 Å². The van der Waals surface area contributed by atoms with Crippen molar-refractivity contribution in [2.45, 2.75) is 24.8 Å². The van der Waals surface area contributed by atoms with Crippen LogP contribution in [0, 0.1) is 0 Å². The summed E-state index contributed by atoms with van der Waals surface area (Å²) in [6.07, 6.45) is 1.49. The lowest BCUT2D eigenvalue weighted by Gasteiger charge is -2.28. The Bertz CT molecular complexity index is 59.1. The van der Waals surface area contributed by atoms with Crippen LogP contribution < -0.4 is 0 Å². The first kappa shape index (κ1) is 5.39. The minimum atomic E-state index is 0.203. The summed E-state index contributed by atoms with van der Waals surface area (Å²) in [7, 11) is 0. The predicted molar refractivity (Wildman–Crippen MR) is 29.7 cm³/mol. The molecule has 2 unspecified atom stereocenters. The van der Waals surface area contributed by atoms with Crippen molar-refractivity contribution in [3.8, 4) is 0 Å². The molecular weight excluding hydrogens is 112 g/mol. The van der Waals surface area contributed by atoms with E-state index >= 15 is 0 Å². The summed E-state index contributed by atoms with van der Waals surface area (Å²) < 4.78 is 5.06. The van der Waals surface area contributed by atoms with E-state index in [4.69, 9.17) is 16.3 Å². The van der Waals surface area contributed by atoms with E-state index in [1.165, 1.54) is 0 Å². The highest BCUT2D eigenvalue weighted by Gasteiger charge is 2.22. The topological polar surface area (TPSA) is 9.23 Å². The molecule has 0 aliphatic carbocycles. The van der Waals surface area contributed by atoms with Gasteiger partial charge in [0, 0.05) is 6.61 Å². The molecule has 0 saturated carbocycles. The van der Waals surface area contributed by atoms with Crippen molar-refractivity contribution in [1.29, 1.82) is 0 Å². The average molecular weight is 121 g/mol. The molecule has 7 heavy (non-hydrogen) atoms. The quantitative estimate of drug-likeness (QED) is 0.476. The van der Waals surface area contributed by atoms with Crippen LogP contribution in [-0.4, -0.2) is 18.1 Å². The summed E-state index contributed by atoms with van der Waals surface area (Å²) in [5.41, 5.74) is 0. The zero-order valence-electron chi connectivity index (χ0n) is 4.36. The molecule has 1 saturated heterocycles. The molecule has 1 aliphatic rings. The molecule has 1 nitrogen and oxygen atoms in total. The summed E-state index contributed by atoms with van der Waals surface area (Å²) in [4.78, 5) is 0. The molecule has 0 aromatic heterocycles. The summed E-state index contributed by atoms with van der Waals surface area (Å²) in [5, 5.41) is 0.203. The van der Waals surface area contributed by atoms with Crippen LogP contribution in [0.15, 0.2) is 0 Å². The van der Waals surface area contributed by atoms with Crippen molar-refractivity contribution >= 4 is 11.6 Å². The first-order valence-electron chi connectivity index (χ1n) is 2.56. The molecule has 1 rings (SSSR count). The Kier molecular flexibility index (Phi) is 1.55. The summed E-state index contributed by atoms with van der Waals surface area (Å²) in [6, 6.07) is 0. The molecule has 0 aromatic carbocycles. The highest BCUT2D eigenvalue weighted by Crippen LogP contribution is 2.18. The molecule has 0 amide bonds. The number of hydrogen-bond donors (Lipinski definition) is 0. The molecule has 0 aromatic rings. The molecule has 2 atom stereocenters. The van der Waals surface area contributed by atoms with Gasteiger partial charge in [-0.3, -0.25) is 0 Å².